The molecule has 0 amide bonds. The molecule has 2 nitrogen and oxygen atoms in total. The van der Waals surface area contributed by atoms with E-state index in [9.17, 15) is 4.79 Å². The van der Waals surface area contributed by atoms with Gasteiger partial charge < -0.3 is 5.95 Å². The largest absolute Gasteiger partial charge is 1.00 e. The first-order valence-corrected chi connectivity index (χ1v) is 8.28. The smallest absolute Gasteiger partial charge is 1.00 e. The van der Waals surface area contributed by atoms with Crippen LogP contribution in [0, 0.1) is 0 Å². The van der Waals surface area contributed by atoms with Gasteiger partial charge in [-0.3, -0.25) is 0 Å². The van der Waals surface area contributed by atoms with Crippen molar-refractivity contribution >= 4 is 24.7 Å². The monoisotopic (exact) mass is 346 g/mol. The molecular weight excluding hydrogens is 330 g/mol. The van der Waals surface area contributed by atoms with Crippen LogP contribution < -0.4 is 62.0 Å². The fourth-order valence-corrected chi connectivity index (χ4v) is 3.76. The molecule has 0 spiro atoms. The minimum Gasteiger partial charge on any atom is -1.00 e. The number of carbonyl (C=O) groups is 1. The van der Waals surface area contributed by atoms with E-state index >= 15 is 0 Å². The van der Waals surface area contributed by atoms with Gasteiger partial charge in [0.2, 0.25) is 0 Å². The van der Waals surface area contributed by atoms with Gasteiger partial charge in [-0.25, -0.2) is 4.79 Å². The summed E-state index contributed by atoms with van der Waals surface area (Å²) in [5, 5.41) is 2.04. The van der Waals surface area contributed by atoms with Gasteiger partial charge in [-0.2, -0.15) is 0 Å². The van der Waals surface area contributed by atoms with Crippen LogP contribution in [0.2, 0.25) is 0 Å². The molecule has 3 aromatic carbocycles. The zero-order chi connectivity index (χ0) is 15.2. The van der Waals surface area contributed by atoms with Crippen LogP contribution in [0.4, 0.5) is 0 Å². The topological polar surface area (TPSA) is 26.3 Å². The van der Waals surface area contributed by atoms with E-state index in [4.69, 9.17) is 4.52 Å². The van der Waals surface area contributed by atoms with Crippen molar-refractivity contribution in [1.82, 2.24) is 0 Å². The molecule has 0 bridgehead atoms. The fraction of sp³-hybridized carbons (Fsp3) is 0. The standard InChI is InChI=1S/C19H15O2P.K.H/c20-19(16-10-4-1-5-11-16)21-22(17-12-6-2-7-13-17)18-14-8-3-9-15-18;;/h1-15H;;/q;+1;-1. The average Bonchev–Trinajstić information content (AvgIpc) is 2.62. The quantitative estimate of drug-likeness (QED) is 0.521. The first kappa shape index (κ1) is 18.5. The summed E-state index contributed by atoms with van der Waals surface area (Å²) >= 11 is 0. The molecule has 4 heteroatoms. The number of hydrogen-bond donors (Lipinski definition) is 0. The Balaban J connectivity index is 0.00000144. The van der Waals surface area contributed by atoms with Crippen molar-refractivity contribution in [2.75, 3.05) is 0 Å². The van der Waals surface area contributed by atoms with Crippen LogP contribution in [0.5, 0.6) is 0 Å². The van der Waals surface area contributed by atoms with Crippen molar-refractivity contribution in [3.8, 4) is 0 Å². The van der Waals surface area contributed by atoms with E-state index < -0.39 is 8.15 Å². The van der Waals surface area contributed by atoms with Crippen molar-refractivity contribution < 1.29 is 62.1 Å². The van der Waals surface area contributed by atoms with Crippen molar-refractivity contribution in [2.45, 2.75) is 0 Å². The summed E-state index contributed by atoms with van der Waals surface area (Å²) in [6, 6.07) is 28.9. The minimum absolute atomic E-state index is 0. The Morgan fingerprint density at radius 1 is 0.696 bits per heavy atom. The minimum atomic E-state index is -1.16. The zero-order valence-electron chi connectivity index (χ0n) is 13.9. The maximum atomic E-state index is 12.4. The van der Waals surface area contributed by atoms with E-state index in [1.54, 1.807) is 12.1 Å². The second kappa shape index (κ2) is 9.48. The third-order valence-electron chi connectivity index (χ3n) is 3.17. The van der Waals surface area contributed by atoms with Crippen LogP contribution in [0.25, 0.3) is 0 Å². The molecule has 0 heterocycles. The van der Waals surface area contributed by atoms with E-state index in [2.05, 4.69) is 0 Å². The second-order valence-corrected chi connectivity index (χ2v) is 6.51. The molecule has 23 heavy (non-hydrogen) atoms. The molecule has 3 rings (SSSR count). The molecule has 0 saturated heterocycles. The van der Waals surface area contributed by atoms with Crippen molar-refractivity contribution in [3.63, 3.8) is 0 Å². The normalized spacial score (nSPS) is 9.96. The van der Waals surface area contributed by atoms with E-state index in [-0.39, 0.29) is 58.8 Å². The van der Waals surface area contributed by atoms with Crippen LogP contribution in [0.1, 0.15) is 11.8 Å². The number of carbonyl (C=O) groups excluding carboxylic acids is 1. The van der Waals surface area contributed by atoms with Crippen LogP contribution in [-0.4, -0.2) is 5.97 Å². The third kappa shape index (κ3) is 5.08. The maximum Gasteiger partial charge on any atom is 1.00 e. The van der Waals surface area contributed by atoms with Gasteiger partial charge in [-0.1, -0.05) is 78.9 Å². The Kier molecular flexibility index (Phi) is 7.64. The molecule has 0 saturated carbocycles. The van der Waals surface area contributed by atoms with E-state index in [0.717, 1.165) is 10.6 Å². The van der Waals surface area contributed by atoms with Crippen molar-refractivity contribution in [2.24, 2.45) is 0 Å². The van der Waals surface area contributed by atoms with Crippen molar-refractivity contribution in [3.05, 3.63) is 96.6 Å². The molecule has 0 aliphatic rings. The Morgan fingerprint density at radius 2 is 1.09 bits per heavy atom. The Bertz CT molecular complexity index is 700. The summed E-state index contributed by atoms with van der Waals surface area (Å²) in [4.78, 5) is 12.4. The van der Waals surface area contributed by atoms with Crippen LogP contribution >= 0.6 is 8.15 Å². The predicted octanol–water partition coefficient (Wildman–Crippen LogP) is 1.01. The Hall–Kier alpha value is -0.804. The molecular formula is C19H16KO2P. The maximum absolute atomic E-state index is 12.4. The Labute approximate surface area is 181 Å². The zero-order valence-corrected chi connectivity index (χ0v) is 16.9. The SMILES string of the molecule is O=C(OP(c1ccccc1)c1ccccc1)c1ccccc1.[H-].[K+]. The molecule has 0 aromatic heterocycles. The van der Waals surface area contributed by atoms with E-state index in [1.807, 2.05) is 78.9 Å². The average molecular weight is 346 g/mol. The van der Waals surface area contributed by atoms with E-state index in [0.29, 0.717) is 5.56 Å². The van der Waals surface area contributed by atoms with Gasteiger partial charge in [0, 0.05) is 10.6 Å². The summed E-state index contributed by atoms with van der Waals surface area (Å²) in [6.07, 6.45) is 0. The van der Waals surface area contributed by atoms with Gasteiger partial charge in [-0.05, 0) is 12.1 Å². The van der Waals surface area contributed by atoms with Crippen LogP contribution in [0.3, 0.4) is 0 Å². The van der Waals surface area contributed by atoms with Gasteiger partial charge in [-0.15, -0.1) is 0 Å². The molecule has 0 radical (unpaired) electrons. The second-order valence-electron chi connectivity index (χ2n) is 4.71. The van der Waals surface area contributed by atoms with Crippen LogP contribution in [-0.2, 0) is 4.52 Å². The number of rotatable bonds is 4. The molecule has 0 atom stereocenters. The summed E-state index contributed by atoms with van der Waals surface area (Å²) < 4.78 is 5.83. The number of benzene rings is 3. The Morgan fingerprint density at radius 3 is 1.52 bits per heavy atom. The third-order valence-corrected chi connectivity index (χ3v) is 5.05. The predicted molar refractivity (Wildman–Crippen MR) is 92.0 cm³/mol. The van der Waals surface area contributed by atoms with Crippen LogP contribution in [0.15, 0.2) is 91.0 Å². The first-order chi connectivity index (χ1) is 10.8. The van der Waals surface area contributed by atoms with Gasteiger partial charge in [0.25, 0.3) is 0 Å². The molecule has 110 valence electrons. The summed E-state index contributed by atoms with van der Waals surface area (Å²) in [5.74, 6) is -0.292. The van der Waals surface area contributed by atoms with E-state index in [1.165, 1.54) is 0 Å². The first-order valence-electron chi connectivity index (χ1n) is 7.02. The summed E-state index contributed by atoms with van der Waals surface area (Å²) in [5.41, 5.74) is 0.571. The molecule has 0 N–H and O–H groups in total. The fourth-order valence-electron chi connectivity index (χ4n) is 2.09. The molecule has 0 fully saturated rings. The molecule has 0 aliphatic carbocycles. The summed E-state index contributed by atoms with van der Waals surface area (Å²) in [6.45, 7) is 0. The van der Waals surface area contributed by atoms with Gasteiger partial charge >= 0.3 is 57.4 Å². The molecule has 3 aromatic rings. The van der Waals surface area contributed by atoms with Crippen molar-refractivity contribution in [1.29, 1.82) is 0 Å². The van der Waals surface area contributed by atoms with Gasteiger partial charge in [0.1, 0.15) is 0 Å². The molecule has 0 aliphatic heterocycles. The van der Waals surface area contributed by atoms with Gasteiger partial charge in [0.05, 0.1) is 5.56 Å². The van der Waals surface area contributed by atoms with Gasteiger partial charge in [0.15, 0.2) is 8.15 Å². The molecule has 0 unspecified atom stereocenters. The summed E-state index contributed by atoms with van der Waals surface area (Å²) in [7, 11) is -1.16. The number of hydrogen-bond acceptors (Lipinski definition) is 2.